The minimum absolute atomic E-state index is 0.198. The second kappa shape index (κ2) is 7.75. The van der Waals surface area contributed by atoms with E-state index in [1.807, 2.05) is 12.5 Å². The lowest BCUT2D eigenvalue weighted by molar-refractivity contribution is 0.480. The molecule has 0 aliphatic carbocycles. The summed E-state index contributed by atoms with van der Waals surface area (Å²) in [6.07, 6.45) is 10.0. The average Bonchev–Trinajstić information content (AvgIpc) is 2.97. The number of rotatable bonds is 8. The Labute approximate surface area is 119 Å². The second-order valence-electron chi connectivity index (χ2n) is 4.82. The number of hydrogen-bond acceptors (Lipinski definition) is 3. The fourth-order valence-corrected chi connectivity index (χ4v) is 2.17. The van der Waals surface area contributed by atoms with E-state index in [4.69, 9.17) is 0 Å². The molecule has 0 aliphatic heterocycles. The van der Waals surface area contributed by atoms with Gasteiger partial charge in [-0.15, -0.1) is 0 Å². The molecule has 2 aromatic rings. The van der Waals surface area contributed by atoms with Gasteiger partial charge in [0, 0.05) is 25.0 Å². The summed E-state index contributed by atoms with van der Waals surface area (Å²) in [6.45, 7) is 4.04. The van der Waals surface area contributed by atoms with Crippen molar-refractivity contribution in [2.75, 3.05) is 6.54 Å². The maximum atomic E-state index is 12.9. The van der Waals surface area contributed by atoms with Gasteiger partial charge < -0.3 is 9.88 Å². The summed E-state index contributed by atoms with van der Waals surface area (Å²) < 4.78 is 14.9. The molecule has 2 heterocycles. The van der Waals surface area contributed by atoms with Crippen molar-refractivity contribution in [3.63, 3.8) is 0 Å². The molecule has 1 atom stereocenters. The highest BCUT2D eigenvalue weighted by atomic mass is 19.1. The summed E-state index contributed by atoms with van der Waals surface area (Å²) in [7, 11) is 0. The number of halogens is 1. The molecule has 20 heavy (non-hydrogen) atoms. The van der Waals surface area contributed by atoms with Crippen LogP contribution >= 0.6 is 0 Å². The van der Waals surface area contributed by atoms with Gasteiger partial charge in [-0.1, -0.05) is 6.92 Å². The molecule has 0 aromatic carbocycles. The zero-order valence-electron chi connectivity index (χ0n) is 11.8. The summed E-state index contributed by atoms with van der Waals surface area (Å²) in [6, 6.07) is 3.41. The number of nitrogens with zero attached hydrogens (tertiary/aromatic N) is 3. The Hall–Kier alpha value is -1.75. The van der Waals surface area contributed by atoms with Crippen LogP contribution in [0.25, 0.3) is 0 Å². The molecule has 2 aromatic heterocycles. The first-order valence-electron chi connectivity index (χ1n) is 7.10. The topological polar surface area (TPSA) is 42.7 Å². The summed E-state index contributed by atoms with van der Waals surface area (Å²) in [5.41, 5.74) is 0.906. The number of nitrogens with one attached hydrogen (secondary N) is 1. The molecular weight excluding hydrogens is 255 g/mol. The van der Waals surface area contributed by atoms with Crippen LogP contribution in [-0.2, 0) is 6.54 Å². The summed E-state index contributed by atoms with van der Waals surface area (Å²) in [5.74, 6) is -0.288. The highest BCUT2D eigenvalue weighted by Gasteiger charge is 2.09. The zero-order chi connectivity index (χ0) is 14.2. The highest BCUT2D eigenvalue weighted by Crippen LogP contribution is 2.14. The fraction of sp³-hybridized carbons (Fsp3) is 0.467. The number of aromatic nitrogens is 3. The molecule has 0 spiro atoms. The van der Waals surface area contributed by atoms with Crippen molar-refractivity contribution in [2.45, 2.75) is 38.8 Å². The SMILES string of the molecule is CCC(NCCCCn1ccnc1)c1ccc(F)cn1. The Balaban J connectivity index is 1.70. The van der Waals surface area contributed by atoms with E-state index in [1.165, 1.54) is 12.3 Å². The smallest absolute Gasteiger partial charge is 0.141 e. The molecule has 5 heteroatoms. The molecule has 0 saturated heterocycles. The molecule has 0 amide bonds. The van der Waals surface area contributed by atoms with Gasteiger partial charge in [-0.2, -0.15) is 0 Å². The molecule has 0 bridgehead atoms. The van der Waals surface area contributed by atoms with Gasteiger partial charge in [0.05, 0.1) is 18.2 Å². The maximum absolute atomic E-state index is 12.9. The predicted octanol–water partition coefficient (Wildman–Crippen LogP) is 2.94. The number of pyridine rings is 1. The quantitative estimate of drug-likeness (QED) is 0.754. The Kier molecular flexibility index (Phi) is 5.68. The van der Waals surface area contributed by atoms with Gasteiger partial charge >= 0.3 is 0 Å². The summed E-state index contributed by atoms with van der Waals surface area (Å²) in [5, 5.41) is 3.48. The number of unbranched alkanes of at least 4 members (excludes halogenated alkanes) is 1. The van der Waals surface area contributed by atoms with Gasteiger partial charge in [0.2, 0.25) is 0 Å². The lowest BCUT2D eigenvalue weighted by Crippen LogP contribution is -2.23. The first kappa shape index (κ1) is 14.7. The Bertz CT molecular complexity index is 481. The van der Waals surface area contributed by atoms with Crippen molar-refractivity contribution in [2.24, 2.45) is 0 Å². The van der Waals surface area contributed by atoms with E-state index >= 15 is 0 Å². The third kappa shape index (κ3) is 4.42. The largest absolute Gasteiger partial charge is 0.337 e. The maximum Gasteiger partial charge on any atom is 0.141 e. The number of hydrogen-bond donors (Lipinski definition) is 1. The standard InChI is InChI=1S/C15H21FN4/c1-2-14(15-6-5-13(16)11-19-15)18-7-3-4-9-20-10-8-17-12-20/h5-6,8,10-12,14,18H,2-4,7,9H2,1H3. The van der Waals surface area contributed by atoms with Crippen LogP contribution in [-0.4, -0.2) is 21.1 Å². The van der Waals surface area contributed by atoms with E-state index in [1.54, 1.807) is 12.3 Å². The normalized spacial score (nSPS) is 12.5. The van der Waals surface area contributed by atoms with E-state index in [9.17, 15) is 4.39 Å². The van der Waals surface area contributed by atoms with Crippen molar-refractivity contribution in [3.8, 4) is 0 Å². The Morgan fingerprint density at radius 3 is 2.90 bits per heavy atom. The first-order chi connectivity index (χ1) is 9.79. The molecule has 1 unspecified atom stereocenters. The lowest BCUT2D eigenvalue weighted by Gasteiger charge is -2.16. The minimum atomic E-state index is -0.288. The van der Waals surface area contributed by atoms with Gasteiger partial charge in [-0.25, -0.2) is 9.37 Å². The Morgan fingerprint density at radius 1 is 1.35 bits per heavy atom. The molecule has 108 valence electrons. The van der Waals surface area contributed by atoms with E-state index in [2.05, 4.69) is 26.8 Å². The van der Waals surface area contributed by atoms with Crippen molar-refractivity contribution < 1.29 is 4.39 Å². The number of imidazole rings is 1. The van der Waals surface area contributed by atoms with Crippen LogP contribution in [0.15, 0.2) is 37.1 Å². The van der Waals surface area contributed by atoms with Gasteiger partial charge in [-0.3, -0.25) is 4.98 Å². The van der Waals surface area contributed by atoms with Crippen LogP contribution in [0.1, 0.15) is 37.9 Å². The molecule has 0 fully saturated rings. The van der Waals surface area contributed by atoms with Crippen LogP contribution in [0, 0.1) is 5.82 Å². The van der Waals surface area contributed by atoms with Gasteiger partial charge in [0.15, 0.2) is 0 Å². The monoisotopic (exact) mass is 276 g/mol. The van der Waals surface area contributed by atoms with Crippen LogP contribution in [0.2, 0.25) is 0 Å². The summed E-state index contributed by atoms with van der Waals surface area (Å²) in [4.78, 5) is 8.16. The Morgan fingerprint density at radius 2 is 2.25 bits per heavy atom. The second-order valence-corrected chi connectivity index (χ2v) is 4.82. The molecule has 0 saturated carbocycles. The first-order valence-corrected chi connectivity index (χ1v) is 7.10. The third-order valence-electron chi connectivity index (χ3n) is 3.31. The van der Waals surface area contributed by atoms with Gasteiger partial charge in [-0.05, 0) is 37.9 Å². The van der Waals surface area contributed by atoms with Gasteiger partial charge in [0.25, 0.3) is 0 Å². The lowest BCUT2D eigenvalue weighted by atomic mass is 10.1. The van der Waals surface area contributed by atoms with E-state index < -0.39 is 0 Å². The van der Waals surface area contributed by atoms with Gasteiger partial charge in [0.1, 0.15) is 5.82 Å². The molecular formula is C15H21FN4. The highest BCUT2D eigenvalue weighted by molar-refractivity contribution is 5.09. The molecule has 4 nitrogen and oxygen atoms in total. The fourth-order valence-electron chi connectivity index (χ4n) is 2.17. The van der Waals surface area contributed by atoms with E-state index in [-0.39, 0.29) is 11.9 Å². The third-order valence-corrected chi connectivity index (χ3v) is 3.31. The van der Waals surface area contributed by atoms with Crippen LogP contribution in [0.4, 0.5) is 4.39 Å². The number of aryl methyl sites for hydroxylation is 1. The van der Waals surface area contributed by atoms with Crippen molar-refractivity contribution in [3.05, 3.63) is 48.6 Å². The zero-order valence-corrected chi connectivity index (χ0v) is 11.8. The van der Waals surface area contributed by atoms with Crippen molar-refractivity contribution >= 4 is 0 Å². The van der Waals surface area contributed by atoms with Crippen LogP contribution < -0.4 is 5.32 Å². The molecule has 1 N–H and O–H groups in total. The molecule has 0 radical (unpaired) electrons. The minimum Gasteiger partial charge on any atom is -0.337 e. The predicted molar refractivity (Wildman–Crippen MR) is 76.7 cm³/mol. The van der Waals surface area contributed by atoms with Crippen molar-refractivity contribution in [1.29, 1.82) is 0 Å². The summed E-state index contributed by atoms with van der Waals surface area (Å²) >= 11 is 0. The average molecular weight is 276 g/mol. The van der Waals surface area contributed by atoms with E-state index in [0.29, 0.717) is 0 Å². The van der Waals surface area contributed by atoms with Crippen LogP contribution in [0.3, 0.4) is 0 Å². The van der Waals surface area contributed by atoms with E-state index in [0.717, 1.165) is 38.0 Å². The molecule has 2 rings (SSSR count). The molecule has 0 aliphatic rings. The van der Waals surface area contributed by atoms with Crippen LogP contribution in [0.5, 0.6) is 0 Å². The van der Waals surface area contributed by atoms with Crippen molar-refractivity contribution in [1.82, 2.24) is 19.9 Å².